The fourth-order valence-corrected chi connectivity index (χ4v) is 4.12. The van der Waals surface area contributed by atoms with Gasteiger partial charge in [0.1, 0.15) is 0 Å². The predicted molar refractivity (Wildman–Crippen MR) is 98.9 cm³/mol. The number of carbonyl (C=O) groups is 1. The lowest BCUT2D eigenvalue weighted by Crippen LogP contribution is -2.31. The van der Waals surface area contributed by atoms with Crippen LogP contribution < -0.4 is 5.32 Å². The Morgan fingerprint density at radius 2 is 1.72 bits per heavy atom. The van der Waals surface area contributed by atoms with E-state index in [9.17, 15) is 13.2 Å². The van der Waals surface area contributed by atoms with Gasteiger partial charge in [-0.3, -0.25) is 4.79 Å². The molecule has 2 aromatic carbocycles. The summed E-state index contributed by atoms with van der Waals surface area (Å²) in [6, 6.07) is 14.0. The average molecular weight is 360 g/mol. The molecule has 0 fully saturated rings. The van der Waals surface area contributed by atoms with Crippen molar-refractivity contribution in [3.63, 3.8) is 0 Å². The van der Waals surface area contributed by atoms with E-state index in [0.717, 1.165) is 11.1 Å². The number of nitrogens with zero attached hydrogens (tertiary/aromatic N) is 1. The maximum absolute atomic E-state index is 12.6. The third-order valence-electron chi connectivity index (χ3n) is 3.97. The second-order valence-electron chi connectivity index (χ2n) is 5.79. The van der Waals surface area contributed by atoms with E-state index in [2.05, 4.69) is 5.32 Å². The molecule has 0 aromatic heterocycles. The van der Waals surface area contributed by atoms with Crippen molar-refractivity contribution in [2.75, 3.05) is 13.1 Å². The third kappa shape index (κ3) is 4.67. The Kier molecular flexibility index (Phi) is 6.33. The number of rotatable bonds is 7. The fourth-order valence-electron chi connectivity index (χ4n) is 2.62. The van der Waals surface area contributed by atoms with E-state index in [1.807, 2.05) is 31.2 Å². The highest BCUT2D eigenvalue weighted by atomic mass is 32.2. The summed E-state index contributed by atoms with van der Waals surface area (Å²) >= 11 is 0. The Bertz CT molecular complexity index is 843. The normalized spacial score (nSPS) is 11.5. The molecule has 0 bridgehead atoms. The van der Waals surface area contributed by atoms with E-state index >= 15 is 0 Å². The molecular formula is C19H24N2O3S. The van der Waals surface area contributed by atoms with Gasteiger partial charge in [-0.15, -0.1) is 0 Å². The van der Waals surface area contributed by atoms with Gasteiger partial charge in [0.2, 0.25) is 10.0 Å². The molecule has 2 rings (SSSR count). The van der Waals surface area contributed by atoms with Gasteiger partial charge in [-0.05, 0) is 30.7 Å². The minimum Gasteiger partial charge on any atom is -0.348 e. The van der Waals surface area contributed by atoms with Crippen LogP contribution in [0, 0.1) is 6.92 Å². The van der Waals surface area contributed by atoms with Crippen LogP contribution in [0.5, 0.6) is 0 Å². The first kappa shape index (κ1) is 19.1. The molecule has 2 aromatic rings. The third-order valence-corrected chi connectivity index (χ3v) is 6.02. The number of carbonyl (C=O) groups excluding carboxylic acids is 1. The van der Waals surface area contributed by atoms with Crippen LogP contribution >= 0.6 is 0 Å². The van der Waals surface area contributed by atoms with Crippen LogP contribution in [-0.4, -0.2) is 31.7 Å². The highest BCUT2D eigenvalue weighted by Gasteiger charge is 2.22. The zero-order valence-electron chi connectivity index (χ0n) is 14.8. The number of aryl methyl sites for hydroxylation is 1. The van der Waals surface area contributed by atoms with Crippen LogP contribution in [-0.2, 0) is 16.6 Å². The lowest BCUT2D eigenvalue weighted by Gasteiger charge is -2.18. The van der Waals surface area contributed by atoms with Gasteiger partial charge in [0.15, 0.2) is 0 Å². The molecule has 1 N–H and O–H groups in total. The van der Waals surface area contributed by atoms with E-state index in [-0.39, 0.29) is 10.8 Å². The van der Waals surface area contributed by atoms with E-state index in [1.165, 1.54) is 16.4 Å². The SMILES string of the molecule is CCN(CC)S(=O)(=O)c1cccc(C(=O)NCc2cccc(C)c2)c1. The predicted octanol–water partition coefficient (Wildman–Crippen LogP) is 2.96. The molecule has 0 heterocycles. The summed E-state index contributed by atoms with van der Waals surface area (Å²) in [6.45, 7) is 6.75. The van der Waals surface area contributed by atoms with Gasteiger partial charge in [0.25, 0.3) is 5.91 Å². The number of amides is 1. The van der Waals surface area contributed by atoms with Gasteiger partial charge in [-0.25, -0.2) is 8.42 Å². The molecule has 0 saturated carbocycles. The van der Waals surface area contributed by atoms with Gasteiger partial charge >= 0.3 is 0 Å². The molecular weight excluding hydrogens is 336 g/mol. The van der Waals surface area contributed by atoms with Crippen molar-refractivity contribution >= 4 is 15.9 Å². The molecule has 0 saturated heterocycles. The minimum absolute atomic E-state index is 0.138. The molecule has 5 nitrogen and oxygen atoms in total. The Morgan fingerprint density at radius 1 is 1.04 bits per heavy atom. The smallest absolute Gasteiger partial charge is 0.251 e. The van der Waals surface area contributed by atoms with Crippen LogP contribution in [0.1, 0.15) is 35.3 Å². The van der Waals surface area contributed by atoms with Crippen LogP contribution in [0.25, 0.3) is 0 Å². The highest BCUT2D eigenvalue weighted by Crippen LogP contribution is 2.17. The molecule has 0 spiro atoms. The van der Waals surface area contributed by atoms with Crippen molar-refractivity contribution in [3.05, 3.63) is 65.2 Å². The quantitative estimate of drug-likeness (QED) is 0.825. The van der Waals surface area contributed by atoms with E-state index in [4.69, 9.17) is 0 Å². The largest absolute Gasteiger partial charge is 0.348 e. The number of hydrogen-bond donors (Lipinski definition) is 1. The van der Waals surface area contributed by atoms with Crippen LogP contribution in [0.4, 0.5) is 0 Å². The minimum atomic E-state index is -3.58. The van der Waals surface area contributed by atoms with Crippen molar-refractivity contribution in [3.8, 4) is 0 Å². The lowest BCUT2D eigenvalue weighted by molar-refractivity contribution is 0.0950. The zero-order chi connectivity index (χ0) is 18.4. The number of hydrogen-bond acceptors (Lipinski definition) is 3. The van der Waals surface area contributed by atoms with Gasteiger partial charge in [-0.1, -0.05) is 49.7 Å². The Morgan fingerprint density at radius 3 is 2.36 bits per heavy atom. The summed E-state index contributed by atoms with van der Waals surface area (Å²) < 4.78 is 26.5. The van der Waals surface area contributed by atoms with Gasteiger partial charge in [0, 0.05) is 25.2 Å². The van der Waals surface area contributed by atoms with Crippen molar-refractivity contribution in [1.82, 2.24) is 9.62 Å². The number of benzene rings is 2. The first-order valence-corrected chi connectivity index (χ1v) is 9.76. The number of sulfonamides is 1. The van der Waals surface area contributed by atoms with Gasteiger partial charge in [-0.2, -0.15) is 4.31 Å². The summed E-state index contributed by atoms with van der Waals surface area (Å²) in [5.41, 5.74) is 2.46. The summed E-state index contributed by atoms with van der Waals surface area (Å²) in [4.78, 5) is 12.5. The molecule has 0 aliphatic heterocycles. The molecule has 0 atom stereocenters. The van der Waals surface area contributed by atoms with E-state index < -0.39 is 10.0 Å². The second-order valence-corrected chi connectivity index (χ2v) is 7.73. The topological polar surface area (TPSA) is 66.5 Å². The maximum atomic E-state index is 12.6. The van der Waals surface area contributed by atoms with Crippen molar-refractivity contribution in [2.24, 2.45) is 0 Å². The van der Waals surface area contributed by atoms with Crippen LogP contribution in [0.2, 0.25) is 0 Å². The molecule has 0 aliphatic rings. The van der Waals surface area contributed by atoms with Crippen molar-refractivity contribution in [2.45, 2.75) is 32.2 Å². The first-order valence-electron chi connectivity index (χ1n) is 8.32. The molecule has 0 radical (unpaired) electrons. The Balaban J connectivity index is 2.16. The fraction of sp³-hybridized carbons (Fsp3) is 0.316. The van der Waals surface area contributed by atoms with Crippen LogP contribution in [0.15, 0.2) is 53.4 Å². The summed E-state index contributed by atoms with van der Waals surface area (Å²) in [7, 11) is -3.58. The molecule has 0 unspecified atom stereocenters. The van der Waals surface area contributed by atoms with Crippen molar-refractivity contribution < 1.29 is 13.2 Å². The zero-order valence-corrected chi connectivity index (χ0v) is 15.6. The van der Waals surface area contributed by atoms with E-state index in [0.29, 0.717) is 25.2 Å². The maximum Gasteiger partial charge on any atom is 0.251 e. The molecule has 1 amide bonds. The summed E-state index contributed by atoms with van der Waals surface area (Å²) in [6.07, 6.45) is 0. The molecule has 0 aliphatic carbocycles. The monoisotopic (exact) mass is 360 g/mol. The lowest BCUT2D eigenvalue weighted by atomic mass is 10.1. The van der Waals surface area contributed by atoms with Crippen LogP contribution in [0.3, 0.4) is 0 Å². The summed E-state index contributed by atoms with van der Waals surface area (Å²) in [5, 5.41) is 2.83. The van der Waals surface area contributed by atoms with Gasteiger partial charge < -0.3 is 5.32 Å². The molecule has 6 heteroatoms. The molecule has 134 valence electrons. The number of nitrogens with one attached hydrogen (secondary N) is 1. The summed E-state index contributed by atoms with van der Waals surface area (Å²) in [5.74, 6) is -0.293. The first-order chi connectivity index (χ1) is 11.9. The molecule has 25 heavy (non-hydrogen) atoms. The van der Waals surface area contributed by atoms with Gasteiger partial charge in [0.05, 0.1) is 4.90 Å². The van der Waals surface area contributed by atoms with E-state index in [1.54, 1.807) is 26.0 Å². The standard InChI is InChI=1S/C19H24N2O3S/c1-4-21(5-2)25(23,24)18-11-7-10-17(13-18)19(22)20-14-16-9-6-8-15(3)12-16/h6-13H,4-5,14H2,1-3H3,(H,20,22). The Hall–Kier alpha value is -2.18. The highest BCUT2D eigenvalue weighted by molar-refractivity contribution is 7.89. The Labute approximate surface area is 149 Å². The second kappa shape index (κ2) is 8.27. The average Bonchev–Trinajstić information content (AvgIpc) is 2.60. The van der Waals surface area contributed by atoms with Crippen molar-refractivity contribution in [1.29, 1.82) is 0 Å².